The van der Waals surface area contributed by atoms with Gasteiger partial charge in [0.2, 0.25) is 0 Å². The summed E-state index contributed by atoms with van der Waals surface area (Å²) in [5.41, 5.74) is 2.49. The molecule has 19 heavy (non-hydrogen) atoms. The van der Waals surface area contributed by atoms with Gasteiger partial charge in [0.15, 0.2) is 0 Å². The standard InChI is InChI=1S/C18H15O/c19-17-12-9-14(10-13-17)8-11-16-6-3-5-15-4-1-2-7-18(15)16/h1-5,7,9-10,12-13,19H,8,11H2. The summed E-state index contributed by atoms with van der Waals surface area (Å²) >= 11 is 0. The molecule has 0 aliphatic carbocycles. The SMILES string of the molecule is Oc1ccc(CCc2[c]ccc3ccccc23)cc1. The van der Waals surface area contributed by atoms with Crippen molar-refractivity contribution in [2.75, 3.05) is 0 Å². The first-order chi connectivity index (χ1) is 9.33. The van der Waals surface area contributed by atoms with Crippen molar-refractivity contribution < 1.29 is 5.11 Å². The van der Waals surface area contributed by atoms with Crippen LogP contribution < -0.4 is 0 Å². The molecule has 1 heteroatoms. The van der Waals surface area contributed by atoms with Gasteiger partial charge in [-0.05, 0) is 52.9 Å². The average Bonchev–Trinajstić information content (AvgIpc) is 2.47. The lowest BCUT2D eigenvalue weighted by Crippen LogP contribution is -1.92. The summed E-state index contributed by atoms with van der Waals surface area (Å²) < 4.78 is 0. The van der Waals surface area contributed by atoms with Gasteiger partial charge in [-0.15, -0.1) is 0 Å². The maximum absolute atomic E-state index is 9.28. The Labute approximate surface area is 113 Å². The van der Waals surface area contributed by atoms with E-state index in [1.165, 1.54) is 21.9 Å². The predicted molar refractivity (Wildman–Crippen MR) is 78.3 cm³/mol. The van der Waals surface area contributed by atoms with E-state index in [1.807, 2.05) is 18.2 Å². The van der Waals surface area contributed by atoms with Crippen LogP contribution in [0.15, 0.2) is 60.7 Å². The van der Waals surface area contributed by atoms with E-state index >= 15 is 0 Å². The highest BCUT2D eigenvalue weighted by atomic mass is 16.3. The van der Waals surface area contributed by atoms with E-state index in [0.29, 0.717) is 5.75 Å². The highest BCUT2D eigenvalue weighted by molar-refractivity contribution is 5.85. The first kappa shape index (κ1) is 11.8. The zero-order valence-electron chi connectivity index (χ0n) is 10.6. The quantitative estimate of drug-likeness (QED) is 0.737. The van der Waals surface area contributed by atoms with E-state index in [4.69, 9.17) is 0 Å². The molecule has 0 aromatic heterocycles. The second-order valence-electron chi connectivity index (χ2n) is 4.71. The average molecular weight is 247 g/mol. The van der Waals surface area contributed by atoms with Crippen LogP contribution in [0.2, 0.25) is 0 Å². The largest absolute Gasteiger partial charge is 0.508 e. The monoisotopic (exact) mass is 247 g/mol. The number of fused-ring (bicyclic) bond motifs is 1. The number of phenols is 1. The summed E-state index contributed by atoms with van der Waals surface area (Å²) in [6.07, 6.45) is 1.93. The van der Waals surface area contributed by atoms with Crippen molar-refractivity contribution in [3.8, 4) is 5.75 Å². The normalized spacial score (nSPS) is 10.7. The van der Waals surface area contributed by atoms with Crippen LogP contribution in [0, 0.1) is 6.07 Å². The minimum atomic E-state index is 0.320. The molecule has 3 aromatic carbocycles. The van der Waals surface area contributed by atoms with Crippen molar-refractivity contribution >= 4 is 10.8 Å². The zero-order chi connectivity index (χ0) is 13.1. The van der Waals surface area contributed by atoms with Gasteiger partial charge in [0.1, 0.15) is 5.75 Å². The molecule has 0 aliphatic heterocycles. The van der Waals surface area contributed by atoms with Crippen LogP contribution in [0.4, 0.5) is 0 Å². The lowest BCUT2D eigenvalue weighted by atomic mass is 9.99. The molecular weight excluding hydrogens is 232 g/mol. The third kappa shape index (κ3) is 2.60. The van der Waals surface area contributed by atoms with Crippen LogP contribution in [0.1, 0.15) is 11.1 Å². The fraction of sp³-hybridized carbons (Fsp3) is 0.111. The molecule has 0 fully saturated rings. The smallest absolute Gasteiger partial charge is 0.115 e. The molecule has 1 radical (unpaired) electrons. The number of hydrogen-bond acceptors (Lipinski definition) is 1. The molecule has 0 saturated carbocycles. The maximum Gasteiger partial charge on any atom is 0.115 e. The second kappa shape index (κ2) is 5.15. The lowest BCUT2D eigenvalue weighted by molar-refractivity contribution is 0.475. The van der Waals surface area contributed by atoms with Crippen molar-refractivity contribution in [2.24, 2.45) is 0 Å². The van der Waals surface area contributed by atoms with E-state index in [-0.39, 0.29) is 0 Å². The van der Waals surface area contributed by atoms with Crippen LogP contribution >= 0.6 is 0 Å². The minimum Gasteiger partial charge on any atom is -0.508 e. The number of aromatic hydroxyl groups is 1. The second-order valence-corrected chi connectivity index (χ2v) is 4.71. The number of benzene rings is 3. The van der Waals surface area contributed by atoms with Crippen molar-refractivity contribution in [3.63, 3.8) is 0 Å². The van der Waals surface area contributed by atoms with Gasteiger partial charge in [0, 0.05) is 0 Å². The maximum atomic E-state index is 9.28. The van der Waals surface area contributed by atoms with Crippen molar-refractivity contribution in [2.45, 2.75) is 12.8 Å². The Bertz CT molecular complexity index is 678. The summed E-state index contributed by atoms with van der Waals surface area (Å²) in [5, 5.41) is 11.8. The first-order valence-corrected chi connectivity index (χ1v) is 6.49. The molecule has 3 aromatic rings. The summed E-state index contributed by atoms with van der Waals surface area (Å²) in [5.74, 6) is 0.320. The van der Waals surface area contributed by atoms with Crippen molar-refractivity contribution in [3.05, 3.63) is 77.9 Å². The van der Waals surface area contributed by atoms with E-state index in [1.54, 1.807) is 12.1 Å². The summed E-state index contributed by atoms with van der Waals surface area (Å²) in [6.45, 7) is 0. The fourth-order valence-electron chi connectivity index (χ4n) is 2.37. The molecule has 0 amide bonds. The van der Waals surface area contributed by atoms with Crippen LogP contribution in [0.3, 0.4) is 0 Å². The number of rotatable bonds is 3. The van der Waals surface area contributed by atoms with Gasteiger partial charge in [-0.25, -0.2) is 0 Å². The molecule has 3 rings (SSSR count). The molecule has 93 valence electrons. The topological polar surface area (TPSA) is 20.2 Å². The fourth-order valence-corrected chi connectivity index (χ4v) is 2.37. The Balaban J connectivity index is 1.84. The van der Waals surface area contributed by atoms with Gasteiger partial charge in [-0.2, -0.15) is 0 Å². The van der Waals surface area contributed by atoms with Crippen molar-refractivity contribution in [1.82, 2.24) is 0 Å². The van der Waals surface area contributed by atoms with Crippen LogP contribution in [-0.4, -0.2) is 5.11 Å². The molecule has 0 spiro atoms. The Kier molecular flexibility index (Phi) is 3.20. The Morgan fingerprint density at radius 3 is 2.47 bits per heavy atom. The molecule has 0 unspecified atom stereocenters. The van der Waals surface area contributed by atoms with Gasteiger partial charge in [0.05, 0.1) is 0 Å². The molecular formula is C18H15O. The Hall–Kier alpha value is -2.28. The third-order valence-corrected chi connectivity index (χ3v) is 3.41. The molecule has 1 nitrogen and oxygen atoms in total. The highest BCUT2D eigenvalue weighted by Crippen LogP contribution is 2.20. The summed E-state index contributed by atoms with van der Waals surface area (Å²) in [6, 6.07) is 23.3. The van der Waals surface area contributed by atoms with E-state index in [0.717, 1.165) is 12.8 Å². The van der Waals surface area contributed by atoms with Gasteiger partial charge in [-0.3, -0.25) is 0 Å². The molecule has 0 saturated heterocycles. The molecule has 0 atom stereocenters. The van der Waals surface area contributed by atoms with Crippen LogP contribution in [0.25, 0.3) is 10.8 Å². The summed E-state index contributed by atoms with van der Waals surface area (Å²) in [7, 11) is 0. The van der Waals surface area contributed by atoms with Gasteiger partial charge >= 0.3 is 0 Å². The first-order valence-electron chi connectivity index (χ1n) is 6.49. The van der Waals surface area contributed by atoms with Crippen LogP contribution in [-0.2, 0) is 12.8 Å². The molecule has 0 bridgehead atoms. The minimum absolute atomic E-state index is 0.320. The highest BCUT2D eigenvalue weighted by Gasteiger charge is 2.01. The van der Waals surface area contributed by atoms with Crippen molar-refractivity contribution in [1.29, 1.82) is 0 Å². The number of phenolic OH excluding ortho intramolecular Hbond substituents is 1. The summed E-state index contributed by atoms with van der Waals surface area (Å²) in [4.78, 5) is 0. The number of aryl methyl sites for hydroxylation is 2. The van der Waals surface area contributed by atoms with Gasteiger partial charge in [-0.1, -0.05) is 48.5 Å². The molecule has 1 N–H and O–H groups in total. The van der Waals surface area contributed by atoms with E-state index < -0.39 is 0 Å². The van der Waals surface area contributed by atoms with Crippen LogP contribution in [0.5, 0.6) is 5.75 Å². The number of hydrogen-bond donors (Lipinski definition) is 1. The zero-order valence-corrected chi connectivity index (χ0v) is 10.6. The van der Waals surface area contributed by atoms with Gasteiger partial charge in [0.25, 0.3) is 0 Å². The third-order valence-electron chi connectivity index (χ3n) is 3.41. The molecule has 0 aliphatic rings. The Morgan fingerprint density at radius 2 is 1.63 bits per heavy atom. The predicted octanol–water partition coefficient (Wildman–Crippen LogP) is 4.13. The van der Waals surface area contributed by atoms with E-state index in [9.17, 15) is 5.11 Å². The Morgan fingerprint density at radius 1 is 0.842 bits per heavy atom. The lowest BCUT2D eigenvalue weighted by Gasteiger charge is -2.06. The van der Waals surface area contributed by atoms with E-state index in [2.05, 4.69) is 36.4 Å². The molecule has 0 heterocycles. The van der Waals surface area contributed by atoms with Gasteiger partial charge < -0.3 is 5.11 Å².